The smallest absolute Gasteiger partial charge is 0.485 e. The quantitative estimate of drug-likeness (QED) is 0.300. The molecule has 5 atom stereocenters. The molecule has 2 saturated heterocycles. The first-order valence-corrected chi connectivity index (χ1v) is 19.9. The Morgan fingerprint density at radius 2 is 1.13 bits per heavy atom. The van der Waals surface area contributed by atoms with Gasteiger partial charge in [-0.15, -0.1) is 0 Å². The molecule has 18 heteroatoms. The fourth-order valence-corrected chi connectivity index (χ4v) is 8.29. The topological polar surface area (TPSA) is 240 Å². The number of likely N-dealkylation sites (tertiary alicyclic amines) is 2. The molecule has 2 amide bonds. The zero-order valence-electron chi connectivity index (χ0n) is 30.8. The van der Waals surface area contributed by atoms with Gasteiger partial charge in [0.05, 0.1) is 35.3 Å². The fraction of sp³-hybridized carbons (Fsp3) is 0.543. The molecule has 2 fully saturated rings. The number of carbonyl (C=O) groups excluding carboxylic acids is 2. The first kappa shape index (κ1) is 43.5. The van der Waals surface area contributed by atoms with Crippen LogP contribution >= 0.6 is 15.9 Å². The molecule has 2 aromatic rings. The van der Waals surface area contributed by atoms with Gasteiger partial charge in [-0.2, -0.15) is 15.4 Å². The molecule has 0 bridgehead atoms. The zero-order chi connectivity index (χ0) is 39.9. The standard InChI is InChI=1S/C32H35N4O8P.CH3O2P.2CH4O/c1-31(2)29(27(35-13-5-7-25(35)37)21-15-19(17-33)9-11-23(21)41-31)43-45(39,40)44-30-28(36-14-6-8-26(36)38)22-16-20(18-34)10-12-24(22)42-32(30,3)4;1-4(2)3;2*1-2/h9-12,15-16,27-30H,5-8,13-14H2,1-4H3,(H,39,40);1H3;2*2H,1H3/p+1. The average molecular weight is 778 g/mol. The van der Waals surface area contributed by atoms with Crippen molar-refractivity contribution in [3.8, 4) is 23.6 Å². The van der Waals surface area contributed by atoms with Gasteiger partial charge in [-0.25, -0.2) is 4.57 Å². The van der Waals surface area contributed by atoms with Gasteiger partial charge in [0.1, 0.15) is 34.9 Å². The summed E-state index contributed by atoms with van der Waals surface area (Å²) in [6.45, 7) is 8.82. The number of hydrogen-bond acceptors (Lipinski definition) is 12. The molecule has 288 valence electrons. The maximum absolute atomic E-state index is 14.2. The number of amides is 2. The molecule has 16 nitrogen and oxygen atoms in total. The predicted molar refractivity (Wildman–Crippen MR) is 191 cm³/mol. The number of aliphatic hydroxyl groups excluding tert-OH is 2. The van der Waals surface area contributed by atoms with Crippen molar-refractivity contribution in [2.75, 3.05) is 34.0 Å². The summed E-state index contributed by atoms with van der Waals surface area (Å²) in [4.78, 5) is 48.5. The number of hydrogen-bond donors (Lipinski definition) is 4. The van der Waals surface area contributed by atoms with E-state index in [9.17, 15) is 29.6 Å². The molecule has 4 aliphatic rings. The van der Waals surface area contributed by atoms with Crippen LogP contribution in [0.15, 0.2) is 36.4 Å². The van der Waals surface area contributed by atoms with Crippen LogP contribution in [0.2, 0.25) is 0 Å². The van der Waals surface area contributed by atoms with E-state index in [1.807, 2.05) is 0 Å². The van der Waals surface area contributed by atoms with E-state index >= 15 is 0 Å². The monoisotopic (exact) mass is 777 g/mol. The van der Waals surface area contributed by atoms with Gasteiger partial charge in [0.15, 0.2) is 6.66 Å². The maximum Gasteiger partial charge on any atom is 0.502 e. The van der Waals surface area contributed by atoms with E-state index in [4.69, 9.17) is 38.2 Å². The van der Waals surface area contributed by atoms with Crippen molar-refractivity contribution in [1.29, 1.82) is 10.5 Å². The molecule has 0 aromatic heterocycles. The van der Waals surface area contributed by atoms with E-state index in [0.29, 0.717) is 72.5 Å². The van der Waals surface area contributed by atoms with Gasteiger partial charge in [-0.05, 0) is 81.5 Å². The lowest BCUT2D eigenvalue weighted by atomic mass is 9.85. The highest BCUT2D eigenvalue weighted by atomic mass is 31.2. The van der Waals surface area contributed by atoms with E-state index in [0.717, 1.165) is 14.2 Å². The van der Waals surface area contributed by atoms with Crippen molar-refractivity contribution in [3.05, 3.63) is 58.7 Å². The number of rotatable bonds is 6. The Bertz CT molecular complexity index is 1680. The lowest BCUT2D eigenvalue weighted by Crippen LogP contribution is -2.56. The molecule has 4 N–H and O–H groups in total. The van der Waals surface area contributed by atoms with Crippen molar-refractivity contribution >= 4 is 27.7 Å². The first-order valence-electron chi connectivity index (χ1n) is 16.7. The van der Waals surface area contributed by atoms with Crippen LogP contribution in [0.3, 0.4) is 0 Å². The van der Waals surface area contributed by atoms with Crippen molar-refractivity contribution in [2.45, 2.75) is 88.9 Å². The highest BCUT2D eigenvalue weighted by Gasteiger charge is 2.56. The van der Waals surface area contributed by atoms with Gasteiger partial charge in [-0.3, -0.25) is 18.6 Å². The summed E-state index contributed by atoms with van der Waals surface area (Å²) < 4.78 is 47.9. The van der Waals surface area contributed by atoms with Gasteiger partial charge >= 0.3 is 15.9 Å². The molecule has 4 aliphatic heterocycles. The first-order chi connectivity index (χ1) is 25.0. The van der Waals surface area contributed by atoms with Gasteiger partial charge in [-0.1, -0.05) is 0 Å². The molecule has 0 saturated carbocycles. The normalized spacial score (nSPS) is 24.7. The minimum atomic E-state index is -5.01. The minimum Gasteiger partial charge on any atom is -0.485 e. The summed E-state index contributed by atoms with van der Waals surface area (Å²) in [5, 5.41) is 33.2. The molecule has 5 unspecified atom stereocenters. The molecule has 6 rings (SSSR count). The molecular weight excluding hydrogens is 730 g/mol. The largest absolute Gasteiger partial charge is 0.502 e. The fourth-order valence-electron chi connectivity index (χ4n) is 6.92. The van der Waals surface area contributed by atoms with Crippen molar-refractivity contribution in [1.82, 2.24) is 9.80 Å². The summed E-state index contributed by atoms with van der Waals surface area (Å²) in [7, 11) is -4.88. The summed E-state index contributed by atoms with van der Waals surface area (Å²) in [6, 6.07) is 12.3. The average Bonchev–Trinajstić information content (AvgIpc) is 3.73. The predicted octanol–water partition coefficient (Wildman–Crippen LogP) is 4.24. The molecular formula is C35H47N4O12P2+. The summed E-state index contributed by atoms with van der Waals surface area (Å²) in [5.74, 6) is 0.591. The van der Waals surface area contributed by atoms with Crippen LogP contribution in [-0.4, -0.2) is 99.0 Å². The lowest BCUT2D eigenvalue weighted by molar-refractivity contribution is -0.144. The number of benzene rings is 2. The number of carbonyl (C=O) groups is 2. The van der Waals surface area contributed by atoms with Crippen LogP contribution in [-0.2, 0) is 27.8 Å². The lowest BCUT2D eigenvalue weighted by Gasteiger charge is -2.49. The van der Waals surface area contributed by atoms with Crippen LogP contribution < -0.4 is 9.47 Å². The third-order valence-corrected chi connectivity index (χ3v) is 9.98. The van der Waals surface area contributed by atoms with Crippen LogP contribution in [0.25, 0.3) is 0 Å². The van der Waals surface area contributed by atoms with E-state index < -0.39 is 51.3 Å². The number of ether oxygens (including phenoxy) is 2. The van der Waals surface area contributed by atoms with E-state index in [1.54, 1.807) is 73.9 Å². The van der Waals surface area contributed by atoms with Crippen LogP contribution in [0, 0.1) is 22.7 Å². The number of nitrogens with zero attached hydrogens (tertiary/aromatic N) is 4. The second kappa shape index (κ2) is 17.9. The Labute approximate surface area is 309 Å². The van der Waals surface area contributed by atoms with E-state index in [-0.39, 0.29) is 11.8 Å². The van der Waals surface area contributed by atoms with Crippen LogP contribution in [0.4, 0.5) is 0 Å². The van der Waals surface area contributed by atoms with Gasteiger partial charge in [0.25, 0.3) is 0 Å². The zero-order valence-corrected chi connectivity index (χ0v) is 32.5. The summed E-state index contributed by atoms with van der Waals surface area (Å²) in [6.07, 6.45) is -0.536. The minimum absolute atomic E-state index is 0.146. The molecule has 0 aliphatic carbocycles. The molecule has 0 radical (unpaired) electrons. The van der Waals surface area contributed by atoms with Crippen molar-refractivity contribution in [3.63, 3.8) is 0 Å². The van der Waals surface area contributed by atoms with Crippen molar-refractivity contribution < 1.29 is 57.2 Å². The summed E-state index contributed by atoms with van der Waals surface area (Å²) in [5.41, 5.74) is -0.765. The Balaban J connectivity index is 0.000000873. The number of phosphoric acid groups is 1. The van der Waals surface area contributed by atoms with E-state index in [2.05, 4.69) is 12.1 Å². The van der Waals surface area contributed by atoms with E-state index in [1.165, 1.54) is 6.66 Å². The molecule has 4 heterocycles. The third-order valence-electron chi connectivity index (χ3n) is 8.99. The Morgan fingerprint density at radius 1 is 0.792 bits per heavy atom. The van der Waals surface area contributed by atoms with Crippen molar-refractivity contribution in [2.24, 2.45) is 0 Å². The van der Waals surface area contributed by atoms with Gasteiger partial charge in [0, 0.05) is 51.3 Å². The molecule has 2 aromatic carbocycles. The second-order valence-corrected chi connectivity index (χ2v) is 15.7. The Hall–Kier alpha value is -3.95. The number of aliphatic hydroxyl groups is 2. The number of fused-ring (bicyclic) bond motifs is 2. The maximum atomic E-state index is 14.2. The third kappa shape index (κ3) is 9.78. The Morgan fingerprint density at radius 3 is 1.42 bits per heavy atom. The molecule has 53 heavy (non-hydrogen) atoms. The highest BCUT2D eigenvalue weighted by Crippen LogP contribution is 2.58. The van der Waals surface area contributed by atoms with Crippen LogP contribution in [0.5, 0.6) is 11.5 Å². The SMILES string of the molecule is CC1(C)Oc2ccc(C#N)cc2C(N2CCCC2=O)C1OP(=O)(O)OC1C(N2CCCC2=O)c2cc(C#N)ccc2OC1(C)C.CO.CO.C[P+](=O)O. The molecule has 0 spiro atoms. The summed E-state index contributed by atoms with van der Waals surface area (Å²) >= 11 is 0. The second-order valence-electron chi connectivity index (χ2n) is 13.4. The van der Waals surface area contributed by atoms with Gasteiger partial charge in [0.2, 0.25) is 11.8 Å². The highest BCUT2D eigenvalue weighted by molar-refractivity contribution is 7.47. The van der Waals surface area contributed by atoms with Crippen LogP contribution in [0.1, 0.15) is 87.7 Å². The Kier molecular flexibility index (Phi) is 14.7. The van der Waals surface area contributed by atoms with Gasteiger partial charge < -0.3 is 34.4 Å². The number of nitriles is 2. The number of phosphoric ester groups is 1.